The second kappa shape index (κ2) is 10.7. The van der Waals surface area contributed by atoms with Gasteiger partial charge in [-0.2, -0.15) is 4.98 Å². The van der Waals surface area contributed by atoms with Gasteiger partial charge in [0.05, 0.1) is 4.90 Å². The molecule has 0 bridgehead atoms. The summed E-state index contributed by atoms with van der Waals surface area (Å²) in [4.78, 5) is 33.5. The highest BCUT2D eigenvalue weighted by atomic mass is 32.2. The molecule has 0 aliphatic heterocycles. The number of carbonyl (C=O) groups excluding carboxylic acids is 1. The van der Waals surface area contributed by atoms with E-state index in [4.69, 9.17) is 0 Å². The van der Waals surface area contributed by atoms with Gasteiger partial charge in [-0.25, -0.2) is 8.42 Å². The molecule has 0 amide bonds. The number of benzene rings is 2. The number of aryl methyl sites for hydroxylation is 2. The lowest BCUT2D eigenvalue weighted by molar-refractivity contribution is -0.112. The molecule has 1 N–H and O–H groups in total. The number of carbonyl (C=O) groups is 1. The molecule has 8 nitrogen and oxygen atoms in total. The third-order valence-corrected chi connectivity index (χ3v) is 9.10. The van der Waals surface area contributed by atoms with E-state index in [0.717, 1.165) is 28.8 Å². The highest BCUT2D eigenvalue weighted by molar-refractivity contribution is 7.91. The summed E-state index contributed by atoms with van der Waals surface area (Å²) in [6, 6.07) is 17.0. The Kier molecular flexibility index (Phi) is 7.25. The molecule has 1 aliphatic carbocycles. The summed E-state index contributed by atoms with van der Waals surface area (Å²) >= 11 is 0. The van der Waals surface area contributed by atoms with Crippen molar-refractivity contribution in [2.75, 3.05) is 0 Å². The minimum Gasteiger partial charge on any atom is -0.493 e. The van der Waals surface area contributed by atoms with E-state index >= 15 is 0 Å². The largest absolute Gasteiger partial charge is 0.493 e. The number of aromatic nitrogens is 3. The van der Waals surface area contributed by atoms with Crippen LogP contribution in [0.2, 0.25) is 0 Å². The Hall–Kier alpha value is -4.37. The Morgan fingerprint density at radius 3 is 2.52 bits per heavy atom. The van der Waals surface area contributed by atoms with Gasteiger partial charge in [0.15, 0.2) is 11.2 Å². The molecular weight excluding hydrogens is 526 g/mol. The molecule has 0 fully saturated rings. The van der Waals surface area contributed by atoms with Crippen molar-refractivity contribution in [3.63, 3.8) is 0 Å². The molecule has 9 heteroatoms. The van der Waals surface area contributed by atoms with E-state index in [-0.39, 0.29) is 17.1 Å². The number of hydrogen-bond acceptors (Lipinski definition) is 7. The molecule has 0 unspecified atom stereocenters. The van der Waals surface area contributed by atoms with Gasteiger partial charge in [0.2, 0.25) is 15.7 Å². The monoisotopic (exact) mass is 555 g/mol. The second-order valence-electron chi connectivity index (χ2n) is 9.80. The Morgan fingerprint density at radius 1 is 1.07 bits per heavy atom. The normalized spacial score (nSPS) is 16.4. The van der Waals surface area contributed by atoms with Gasteiger partial charge in [0.25, 0.3) is 5.56 Å². The predicted octanol–water partition coefficient (Wildman–Crippen LogP) is 4.55. The smallest absolute Gasteiger partial charge is 0.296 e. The average molecular weight is 556 g/mol. The fourth-order valence-corrected chi connectivity index (χ4v) is 6.62. The summed E-state index contributed by atoms with van der Waals surface area (Å²) in [5, 5.41) is 11.6. The zero-order valence-electron chi connectivity index (χ0n) is 22.2. The number of pyridine rings is 1. The van der Waals surface area contributed by atoms with Crippen molar-refractivity contribution in [2.45, 2.75) is 54.9 Å². The van der Waals surface area contributed by atoms with Gasteiger partial charge in [-0.1, -0.05) is 68.0 Å². The van der Waals surface area contributed by atoms with Crippen LogP contribution in [0.1, 0.15) is 42.4 Å². The Balaban J connectivity index is 1.72. The molecule has 5 rings (SSSR count). The lowest BCUT2D eigenvalue weighted by Gasteiger charge is -2.35. The van der Waals surface area contributed by atoms with E-state index in [1.165, 1.54) is 16.7 Å². The summed E-state index contributed by atoms with van der Waals surface area (Å²) in [6.07, 6.45) is 7.98. The molecule has 0 radical (unpaired) electrons. The Labute approximate surface area is 232 Å². The van der Waals surface area contributed by atoms with Crippen LogP contribution in [0.4, 0.5) is 0 Å². The van der Waals surface area contributed by atoms with Crippen molar-refractivity contribution in [1.29, 1.82) is 0 Å². The van der Waals surface area contributed by atoms with E-state index in [1.54, 1.807) is 48.7 Å². The first-order valence-electron chi connectivity index (χ1n) is 13.1. The molecule has 0 saturated carbocycles. The minimum absolute atomic E-state index is 0.138. The van der Waals surface area contributed by atoms with Gasteiger partial charge in [-0.05, 0) is 54.7 Å². The summed E-state index contributed by atoms with van der Waals surface area (Å²) in [5.41, 5.74) is 1.17. The van der Waals surface area contributed by atoms with Gasteiger partial charge in [0, 0.05) is 23.9 Å². The third-order valence-electron chi connectivity index (χ3n) is 7.31. The number of sulfone groups is 1. The first kappa shape index (κ1) is 27.2. The predicted molar refractivity (Wildman–Crippen MR) is 151 cm³/mol. The highest BCUT2D eigenvalue weighted by Crippen LogP contribution is 2.39. The molecule has 2 aromatic carbocycles. The summed E-state index contributed by atoms with van der Waals surface area (Å²) in [7, 11) is -4.52. The maximum Gasteiger partial charge on any atom is 0.296 e. The molecule has 1 aliphatic rings. The van der Waals surface area contributed by atoms with E-state index < -0.39 is 31.7 Å². The van der Waals surface area contributed by atoms with Crippen LogP contribution >= 0.6 is 0 Å². The molecule has 2 aromatic heterocycles. The lowest BCUT2D eigenvalue weighted by Crippen LogP contribution is -2.41. The fraction of sp³-hybridized carbons (Fsp3) is 0.226. The van der Waals surface area contributed by atoms with Crippen molar-refractivity contribution >= 4 is 16.1 Å². The second-order valence-corrected chi connectivity index (χ2v) is 11.7. The fourth-order valence-electron chi connectivity index (χ4n) is 5.28. The lowest BCUT2D eigenvalue weighted by atomic mass is 9.81. The molecule has 1 atom stereocenters. The van der Waals surface area contributed by atoms with Crippen molar-refractivity contribution in [2.24, 2.45) is 0 Å². The highest BCUT2D eigenvalue weighted by Gasteiger charge is 2.41. The van der Waals surface area contributed by atoms with Crippen molar-refractivity contribution in [3.8, 4) is 17.0 Å². The third kappa shape index (κ3) is 4.46. The number of nitrogens with zero attached hydrogens (tertiary/aromatic N) is 3. The van der Waals surface area contributed by atoms with Crippen LogP contribution in [0.15, 0.2) is 93.6 Å². The van der Waals surface area contributed by atoms with Gasteiger partial charge in [0.1, 0.15) is 11.4 Å². The minimum atomic E-state index is -4.52. The first-order valence-corrected chi connectivity index (χ1v) is 14.6. The van der Waals surface area contributed by atoms with Gasteiger partial charge < -0.3 is 5.11 Å². The summed E-state index contributed by atoms with van der Waals surface area (Å²) < 4.78 is 28.9. The van der Waals surface area contributed by atoms with Crippen LogP contribution in [-0.4, -0.2) is 34.3 Å². The van der Waals surface area contributed by atoms with Crippen molar-refractivity contribution in [3.05, 3.63) is 112 Å². The Bertz CT molecular complexity index is 1790. The number of aldehydes is 1. The zero-order valence-corrected chi connectivity index (χ0v) is 23.1. The van der Waals surface area contributed by atoms with Gasteiger partial charge >= 0.3 is 0 Å². The molecule has 204 valence electrons. The first-order chi connectivity index (χ1) is 19.2. The van der Waals surface area contributed by atoms with Crippen LogP contribution in [0.5, 0.6) is 5.88 Å². The number of hydrogen-bond donors (Lipinski definition) is 1. The zero-order chi connectivity index (χ0) is 28.5. The van der Waals surface area contributed by atoms with Crippen molar-refractivity contribution < 1.29 is 18.3 Å². The van der Waals surface area contributed by atoms with Gasteiger partial charge in [-0.3, -0.25) is 19.1 Å². The van der Waals surface area contributed by atoms with E-state index in [0.29, 0.717) is 24.7 Å². The van der Waals surface area contributed by atoms with Crippen LogP contribution in [-0.2, 0) is 33.0 Å². The van der Waals surface area contributed by atoms with Gasteiger partial charge in [-0.15, -0.1) is 0 Å². The Morgan fingerprint density at radius 2 is 1.82 bits per heavy atom. The number of rotatable bonds is 8. The number of allylic oxidation sites excluding steroid dienone is 2. The number of aromatic hydroxyl groups is 1. The van der Waals surface area contributed by atoms with E-state index in [1.807, 2.05) is 32.0 Å². The van der Waals surface area contributed by atoms with Crippen LogP contribution in [0.25, 0.3) is 11.1 Å². The average Bonchev–Trinajstić information content (AvgIpc) is 2.96. The molecule has 4 aromatic rings. The molecule has 0 saturated heterocycles. The van der Waals surface area contributed by atoms with Crippen LogP contribution in [0.3, 0.4) is 0 Å². The standard InChI is InChI=1S/C31H29N3O5S/c1-3-4-13-27-33-29(36)28(30(37)34(27)31(20-35)18-7-10-23-9-5-6-12-26(23)31)40(38,39)24-16-14-22(15-17-24)25-11-8-19-32-21(25)2/h5-9,11-12,14-20,37H,3-4,10,13H2,1-2H3/t31-/m1/s1. The van der Waals surface area contributed by atoms with Crippen molar-refractivity contribution in [1.82, 2.24) is 14.5 Å². The molecule has 0 spiro atoms. The molecular formula is C31H29N3O5S. The van der Waals surface area contributed by atoms with E-state index in [2.05, 4.69) is 9.97 Å². The maximum absolute atomic E-state index is 13.9. The summed E-state index contributed by atoms with van der Waals surface area (Å²) in [6.45, 7) is 3.82. The van der Waals surface area contributed by atoms with Crippen LogP contribution in [0, 0.1) is 6.92 Å². The SMILES string of the molecule is CCCCc1nc(=O)c(S(=O)(=O)c2ccc(-c3cccnc3C)cc2)c(O)n1[C@@]1(C=O)C=CCc2ccccc21. The number of unbranched alkanes of at least 4 members (excludes halogenated alkanes) is 1. The summed E-state index contributed by atoms with van der Waals surface area (Å²) in [5.74, 6) is -0.675. The molecule has 40 heavy (non-hydrogen) atoms. The topological polar surface area (TPSA) is 119 Å². The number of fused-ring (bicyclic) bond motifs is 1. The van der Waals surface area contributed by atoms with E-state index in [9.17, 15) is 23.1 Å². The van der Waals surface area contributed by atoms with Crippen LogP contribution < -0.4 is 5.56 Å². The quantitative estimate of drug-likeness (QED) is 0.250. The molecule has 2 heterocycles. The maximum atomic E-state index is 13.9.